The Morgan fingerprint density at radius 1 is 1.18 bits per heavy atom. The quantitative estimate of drug-likeness (QED) is 0.493. The van der Waals surface area contributed by atoms with Crippen molar-refractivity contribution in [3.8, 4) is 0 Å². The number of likely N-dealkylation sites (tertiary alicyclic amines) is 1. The molecule has 0 spiro atoms. The fraction of sp³-hybridized carbons (Fsp3) is 0.519. The minimum absolute atomic E-state index is 0.00824. The van der Waals surface area contributed by atoms with Gasteiger partial charge in [0, 0.05) is 48.2 Å². The zero-order valence-corrected chi connectivity index (χ0v) is 20.5. The van der Waals surface area contributed by atoms with Crippen molar-refractivity contribution >= 4 is 16.6 Å². The molecule has 1 fully saturated rings. The number of benzene rings is 2. The Labute approximate surface area is 200 Å². The van der Waals surface area contributed by atoms with Gasteiger partial charge in [-0.2, -0.15) is 5.10 Å². The number of nitrogens with zero attached hydrogens (tertiary/aromatic N) is 3. The predicted molar refractivity (Wildman–Crippen MR) is 133 cm³/mol. The van der Waals surface area contributed by atoms with Crippen molar-refractivity contribution < 1.29 is 8.78 Å². The lowest BCUT2D eigenvalue weighted by Crippen LogP contribution is -2.54. The third-order valence-corrected chi connectivity index (χ3v) is 7.44. The number of hydrogen-bond donors (Lipinski definition) is 2. The highest BCUT2D eigenvalue weighted by atomic mass is 19.1. The minimum Gasteiger partial charge on any atom is -0.380 e. The molecule has 2 atom stereocenters. The van der Waals surface area contributed by atoms with Gasteiger partial charge in [-0.25, -0.2) is 8.78 Å². The smallest absolute Gasteiger partial charge is 0.132 e. The Morgan fingerprint density at radius 2 is 1.91 bits per heavy atom. The van der Waals surface area contributed by atoms with E-state index in [1.54, 1.807) is 0 Å². The predicted octanol–water partition coefficient (Wildman–Crippen LogP) is 5.34. The van der Waals surface area contributed by atoms with Crippen molar-refractivity contribution in [2.24, 2.45) is 5.92 Å². The summed E-state index contributed by atoms with van der Waals surface area (Å²) in [5.74, 6) is -0.918. The highest BCUT2D eigenvalue weighted by Gasteiger charge is 2.39. The molecule has 34 heavy (non-hydrogen) atoms. The van der Waals surface area contributed by atoms with Crippen molar-refractivity contribution in [1.29, 1.82) is 0 Å². The molecule has 182 valence electrons. The lowest BCUT2D eigenvalue weighted by atomic mass is 9.75. The van der Waals surface area contributed by atoms with E-state index in [-0.39, 0.29) is 23.6 Å². The van der Waals surface area contributed by atoms with E-state index in [0.717, 1.165) is 61.1 Å². The number of halogens is 2. The molecule has 3 aromatic rings. The molecule has 0 amide bonds. The third-order valence-electron chi connectivity index (χ3n) is 7.44. The van der Waals surface area contributed by atoms with Gasteiger partial charge in [-0.15, -0.1) is 0 Å². The van der Waals surface area contributed by atoms with Gasteiger partial charge in [-0.05, 0) is 61.7 Å². The molecular weight excluding hydrogens is 432 g/mol. The fourth-order valence-electron chi connectivity index (χ4n) is 5.90. The first-order valence-electron chi connectivity index (χ1n) is 12.5. The molecule has 5 nitrogen and oxygen atoms in total. The fourth-order valence-corrected chi connectivity index (χ4v) is 5.90. The Morgan fingerprint density at radius 3 is 2.59 bits per heavy atom. The van der Waals surface area contributed by atoms with Gasteiger partial charge in [-0.1, -0.05) is 26.8 Å². The molecule has 1 saturated heterocycles. The summed E-state index contributed by atoms with van der Waals surface area (Å²) in [5.41, 5.74) is 3.75. The van der Waals surface area contributed by atoms with Crippen molar-refractivity contribution in [2.45, 2.75) is 58.2 Å². The molecule has 3 heterocycles. The van der Waals surface area contributed by atoms with Crippen molar-refractivity contribution in [3.63, 3.8) is 0 Å². The van der Waals surface area contributed by atoms with Crippen LogP contribution in [0.2, 0.25) is 0 Å². The number of fused-ring (bicyclic) bond motifs is 3. The summed E-state index contributed by atoms with van der Waals surface area (Å²) in [7, 11) is 2.06. The van der Waals surface area contributed by atoms with Gasteiger partial charge in [0.25, 0.3) is 0 Å². The zero-order chi connectivity index (χ0) is 24.0. The van der Waals surface area contributed by atoms with Gasteiger partial charge in [0.2, 0.25) is 0 Å². The van der Waals surface area contributed by atoms with Crippen LogP contribution in [0.4, 0.5) is 14.5 Å². The molecule has 2 aliphatic rings. The van der Waals surface area contributed by atoms with Crippen LogP contribution < -0.4 is 5.32 Å². The summed E-state index contributed by atoms with van der Waals surface area (Å²) < 4.78 is 31.4. The van der Waals surface area contributed by atoms with Crippen LogP contribution in [0.1, 0.15) is 56.2 Å². The molecule has 0 saturated carbocycles. The molecule has 0 bridgehead atoms. The first-order chi connectivity index (χ1) is 16.4. The summed E-state index contributed by atoms with van der Waals surface area (Å²) in [6.07, 6.45) is 3.80. The van der Waals surface area contributed by atoms with Crippen molar-refractivity contribution in [2.75, 3.05) is 32.0 Å². The number of anilines is 1. The summed E-state index contributed by atoms with van der Waals surface area (Å²) in [5, 5.41) is 11.6. The summed E-state index contributed by atoms with van der Waals surface area (Å²) in [6, 6.07) is 7.23. The molecule has 2 aliphatic heterocycles. The molecule has 0 unspecified atom stereocenters. The van der Waals surface area contributed by atoms with Crippen molar-refractivity contribution in [3.05, 3.63) is 58.8 Å². The number of hydrogen-bond acceptors (Lipinski definition) is 4. The standard InChI is InChI=1S/C27H35F2N5/c1-5-8-34-13-18(14-34)31-17-10-22(28)27(23(29)11-17)26-19-6-7-24-20(12-30-32-24)21(19)15-33(4)25(26)9-16(2)3/h6-7,10-12,16,18,25-26,31H,5,8-9,13-15H2,1-4H3,(H,30,32)/t25-,26+/m0/s1. The number of aromatic amines is 1. The van der Waals surface area contributed by atoms with E-state index < -0.39 is 11.6 Å². The minimum atomic E-state index is -0.473. The van der Waals surface area contributed by atoms with E-state index in [1.165, 1.54) is 12.1 Å². The molecule has 2 aromatic carbocycles. The Hall–Kier alpha value is -2.51. The Bertz CT molecular complexity index is 1140. The van der Waals surface area contributed by atoms with Gasteiger partial charge in [0.05, 0.1) is 17.8 Å². The van der Waals surface area contributed by atoms with E-state index in [0.29, 0.717) is 11.6 Å². The largest absolute Gasteiger partial charge is 0.380 e. The monoisotopic (exact) mass is 467 g/mol. The second-order valence-corrected chi connectivity index (χ2v) is 10.5. The van der Waals surface area contributed by atoms with Gasteiger partial charge >= 0.3 is 0 Å². The highest BCUT2D eigenvalue weighted by molar-refractivity contribution is 5.83. The van der Waals surface area contributed by atoms with Crippen molar-refractivity contribution in [1.82, 2.24) is 20.0 Å². The van der Waals surface area contributed by atoms with Gasteiger partial charge in [0.15, 0.2) is 0 Å². The normalized spacial score (nSPS) is 21.7. The molecule has 0 radical (unpaired) electrons. The van der Waals surface area contributed by atoms with Gasteiger partial charge < -0.3 is 5.32 Å². The Kier molecular flexibility index (Phi) is 6.34. The average Bonchev–Trinajstić information content (AvgIpc) is 3.23. The maximum Gasteiger partial charge on any atom is 0.132 e. The van der Waals surface area contributed by atoms with Crippen LogP contribution >= 0.6 is 0 Å². The molecule has 7 heteroatoms. The molecule has 1 aromatic heterocycles. The average molecular weight is 468 g/mol. The molecule has 0 aliphatic carbocycles. The number of likely N-dealkylation sites (N-methyl/N-ethyl adjacent to an activating group) is 1. The van der Waals surface area contributed by atoms with Crippen LogP contribution in [-0.4, -0.2) is 58.8 Å². The van der Waals surface area contributed by atoms with Crippen LogP contribution in [0.15, 0.2) is 30.5 Å². The van der Waals surface area contributed by atoms with E-state index in [2.05, 4.69) is 53.1 Å². The number of rotatable bonds is 7. The zero-order valence-electron chi connectivity index (χ0n) is 20.5. The number of aromatic nitrogens is 2. The first-order valence-corrected chi connectivity index (χ1v) is 12.5. The summed E-state index contributed by atoms with van der Waals surface area (Å²) >= 11 is 0. The highest BCUT2D eigenvalue weighted by Crippen LogP contribution is 2.44. The van der Waals surface area contributed by atoms with E-state index in [1.807, 2.05) is 18.3 Å². The van der Waals surface area contributed by atoms with Crippen LogP contribution in [0.3, 0.4) is 0 Å². The lowest BCUT2D eigenvalue weighted by Gasteiger charge is -2.42. The van der Waals surface area contributed by atoms with Gasteiger partial charge in [0.1, 0.15) is 11.6 Å². The first kappa shape index (κ1) is 23.2. The number of nitrogens with one attached hydrogen (secondary N) is 2. The van der Waals surface area contributed by atoms with Crippen LogP contribution in [0.25, 0.3) is 10.9 Å². The van der Waals surface area contributed by atoms with Crippen LogP contribution in [0, 0.1) is 17.6 Å². The molecular formula is C27H35F2N5. The maximum atomic E-state index is 15.7. The molecule has 2 N–H and O–H groups in total. The van der Waals surface area contributed by atoms with E-state index >= 15 is 8.78 Å². The Balaban J connectivity index is 1.52. The van der Waals surface area contributed by atoms with Gasteiger partial charge in [-0.3, -0.25) is 14.9 Å². The van der Waals surface area contributed by atoms with E-state index in [4.69, 9.17) is 0 Å². The second-order valence-electron chi connectivity index (χ2n) is 10.5. The topological polar surface area (TPSA) is 47.2 Å². The summed E-state index contributed by atoms with van der Waals surface area (Å²) in [6.45, 7) is 10.1. The second kappa shape index (κ2) is 9.27. The maximum absolute atomic E-state index is 15.7. The third kappa shape index (κ3) is 4.20. The SMILES string of the molecule is CCCN1CC(Nc2cc(F)c([C@@H]3c4ccc5[nH]ncc5c4CN(C)[C@H]3CC(C)C)c(F)c2)C1. The van der Waals surface area contributed by atoms with E-state index in [9.17, 15) is 0 Å². The summed E-state index contributed by atoms with van der Waals surface area (Å²) in [4.78, 5) is 4.60. The lowest BCUT2D eigenvalue weighted by molar-refractivity contribution is 0.162. The van der Waals surface area contributed by atoms with Crippen LogP contribution in [-0.2, 0) is 6.54 Å². The van der Waals surface area contributed by atoms with Crippen LogP contribution in [0.5, 0.6) is 0 Å². The number of H-pyrrole nitrogens is 1. The molecule has 5 rings (SSSR count).